The number of aryl methyl sites for hydroxylation is 1. The molecule has 2 aromatic carbocycles. The molecule has 0 fully saturated rings. The molecule has 0 saturated carbocycles. The summed E-state index contributed by atoms with van der Waals surface area (Å²) in [6.45, 7) is 2.89. The topological polar surface area (TPSA) is 12.0 Å². The normalized spacial score (nSPS) is 10.4. The van der Waals surface area contributed by atoms with Crippen molar-refractivity contribution in [2.75, 3.05) is 5.32 Å². The highest BCUT2D eigenvalue weighted by atomic mass is 79.9. The van der Waals surface area contributed by atoms with Crippen LogP contribution in [-0.2, 0) is 6.54 Å². The van der Waals surface area contributed by atoms with Crippen LogP contribution in [0.1, 0.15) is 11.1 Å². The maximum atomic E-state index is 3.60. The second-order valence-electron chi connectivity index (χ2n) is 4.04. The first-order chi connectivity index (χ1) is 8.58. The third kappa shape index (κ3) is 3.37. The van der Waals surface area contributed by atoms with Crippen LogP contribution in [-0.4, -0.2) is 0 Å². The molecule has 0 aliphatic heterocycles. The van der Waals surface area contributed by atoms with Gasteiger partial charge in [-0.15, -0.1) is 0 Å². The van der Waals surface area contributed by atoms with Crippen LogP contribution < -0.4 is 5.32 Å². The van der Waals surface area contributed by atoms with E-state index in [1.54, 1.807) is 0 Å². The average molecular weight is 434 g/mol. The van der Waals surface area contributed by atoms with Crippen LogP contribution in [0.5, 0.6) is 0 Å². The summed E-state index contributed by atoms with van der Waals surface area (Å²) in [4.78, 5) is 0. The Hall–Kier alpha value is -0.320. The first-order valence-electron chi connectivity index (χ1n) is 5.51. The number of nitrogens with one attached hydrogen (secondary N) is 1. The SMILES string of the molecule is Cc1cccc(NCc2ccc(Br)c(Br)c2)c1Br. The average Bonchev–Trinajstić information content (AvgIpc) is 2.35. The summed E-state index contributed by atoms with van der Waals surface area (Å²) in [5, 5.41) is 3.43. The summed E-state index contributed by atoms with van der Waals surface area (Å²) in [5.74, 6) is 0. The van der Waals surface area contributed by atoms with E-state index in [4.69, 9.17) is 0 Å². The third-order valence-electron chi connectivity index (χ3n) is 2.66. The lowest BCUT2D eigenvalue weighted by atomic mass is 10.2. The smallest absolute Gasteiger partial charge is 0.0490 e. The van der Waals surface area contributed by atoms with Crippen LogP contribution in [0.25, 0.3) is 0 Å². The maximum Gasteiger partial charge on any atom is 0.0490 e. The van der Waals surface area contributed by atoms with Gasteiger partial charge in [0.15, 0.2) is 0 Å². The molecule has 0 saturated heterocycles. The zero-order chi connectivity index (χ0) is 13.1. The van der Waals surface area contributed by atoms with Gasteiger partial charge in [-0.2, -0.15) is 0 Å². The van der Waals surface area contributed by atoms with Gasteiger partial charge in [0.05, 0.1) is 0 Å². The van der Waals surface area contributed by atoms with Crippen LogP contribution in [0.3, 0.4) is 0 Å². The van der Waals surface area contributed by atoms with Crippen LogP contribution >= 0.6 is 47.8 Å². The van der Waals surface area contributed by atoms with Crippen LogP contribution in [0, 0.1) is 6.92 Å². The minimum Gasteiger partial charge on any atom is -0.380 e. The lowest BCUT2D eigenvalue weighted by Gasteiger charge is -2.11. The third-order valence-corrected chi connectivity index (χ3v) is 5.59. The Kier molecular flexibility index (Phi) is 4.87. The zero-order valence-electron chi connectivity index (χ0n) is 9.81. The van der Waals surface area contributed by atoms with Crippen LogP contribution in [0.4, 0.5) is 5.69 Å². The highest BCUT2D eigenvalue weighted by Crippen LogP contribution is 2.27. The fourth-order valence-corrected chi connectivity index (χ4v) is 2.71. The van der Waals surface area contributed by atoms with E-state index in [0.717, 1.165) is 25.7 Å². The van der Waals surface area contributed by atoms with Gasteiger partial charge in [0.1, 0.15) is 0 Å². The van der Waals surface area contributed by atoms with Gasteiger partial charge in [-0.1, -0.05) is 18.2 Å². The number of halogens is 3. The Morgan fingerprint density at radius 2 is 1.78 bits per heavy atom. The lowest BCUT2D eigenvalue weighted by Crippen LogP contribution is -2.00. The number of hydrogen-bond donors (Lipinski definition) is 1. The molecule has 0 aliphatic carbocycles. The molecule has 0 bridgehead atoms. The van der Waals surface area contributed by atoms with E-state index >= 15 is 0 Å². The maximum absolute atomic E-state index is 3.60. The predicted octanol–water partition coefficient (Wildman–Crippen LogP) is 5.89. The number of hydrogen-bond acceptors (Lipinski definition) is 1. The molecule has 94 valence electrons. The summed E-state index contributed by atoms with van der Waals surface area (Å²) in [5.41, 5.74) is 3.59. The van der Waals surface area contributed by atoms with E-state index in [2.05, 4.69) is 90.4 Å². The summed E-state index contributed by atoms with van der Waals surface area (Å²) in [7, 11) is 0. The van der Waals surface area contributed by atoms with Crippen molar-refractivity contribution in [2.45, 2.75) is 13.5 Å². The standard InChI is InChI=1S/C14H12Br3N/c1-9-3-2-4-13(14(9)17)18-8-10-5-6-11(15)12(16)7-10/h2-7,18H,8H2,1H3. The molecule has 0 radical (unpaired) electrons. The summed E-state index contributed by atoms with van der Waals surface area (Å²) in [6, 6.07) is 12.5. The largest absolute Gasteiger partial charge is 0.380 e. The number of rotatable bonds is 3. The Morgan fingerprint density at radius 1 is 1.00 bits per heavy atom. The molecule has 18 heavy (non-hydrogen) atoms. The molecule has 4 heteroatoms. The zero-order valence-corrected chi connectivity index (χ0v) is 14.6. The lowest BCUT2D eigenvalue weighted by molar-refractivity contribution is 1.14. The molecule has 0 amide bonds. The van der Waals surface area contributed by atoms with Gasteiger partial charge < -0.3 is 5.32 Å². The van der Waals surface area contributed by atoms with Crippen molar-refractivity contribution < 1.29 is 0 Å². The Labute approximate surface area is 132 Å². The van der Waals surface area contributed by atoms with Crippen molar-refractivity contribution in [3.8, 4) is 0 Å². The summed E-state index contributed by atoms with van der Waals surface area (Å²) >= 11 is 10.6. The van der Waals surface area contributed by atoms with Gasteiger partial charge in [0, 0.05) is 25.7 Å². The Morgan fingerprint density at radius 3 is 2.50 bits per heavy atom. The van der Waals surface area contributed by atoms with Crippen molar-refractivity contribution in [1.82, 2.24) is 0 Å². The Balaban J connectivity index is 2.11. The highest BCUT2D eigenvalue weighted by molar-refractivity contribution is 9.13. The fraction of sp³-hybridized carbons (Fsp3) is 0.143. The quantitative estimate of drug-likeness (QED) is 0.635. The summed E-state index contributed by atoms with van der Waals surface area (Å²) < 4.78 is 3.27. The fourth-order valence-electron chi connectivity index (χ4n) is 1.63. The van der Waals surface area contributed by atoms with E-state index in [1.165, 1.54) is 11.1 Å². The van der Waals surface area contributed by atoms with E-state index in [-0.39, 0.29) is 0 Å². The molecule has 1 N–H and O–H groups in total. The molecule has 0 aromatic heterocycles. The first-order valence-corrected chi connectivity index (χ1v) is 7.89. The number of anilines is 1. The molecule has 0 aliphatic rings. The van der Waals surface area contributed by atoms with Gasteiger partial charge in [-0.05, 0) is 84.0 Å². The van der Waals surface area contributed by atoms with Crippen molar-refractivity contribution >= 4 is 53.5 Å². The van der Waals surface area contributed by atoms with Crippen LogP contribution in [0.15, 0.2) is 49.8 Å². The van der Waals surface area contributed by atoms with Gasteiger partial charge in [-0.3, -0.25) is 0 Å². The minimum atomic E-state index is 0.800. The molecular weight excluding hydrogens is 422 g/mol. The van der Waals surface area contributed by atoms with Gasteiger partial charge >= 0.3 is 0 Å². The van der Waals surface area contributed by atoms with E-state index in [9.17, 15) is 0 Å². The molecule has 2 rings (SSSR count). The van der Waals surface area contributed by atoms with Gasteiger partial charge in [-0.25, -0.2) is 0 Å². The minimum absolute atomic E-state index is 0.800. The molecule has 0 atom stereocenters. The van der Waals surface area contributed by atoms with Crippen LogP contribution in [0.2, 0.25) is 0 Å². The predicted molar refractivity (Wildman–Crippen MR) is 88.0 cm³/mol. The second-order valence-corrected chi connectivity index (χ2v) is 6.54. The molecule has 0 spiro atoms. The molecular formula is C14H12Br3N. The van der Waals surface area contributed by atoms with Crippen molar-refractivity contribution in [1.29, 1.82) is 0 Å². The molecule has 2 aromatic rings. The van der Waals surface area contributed by atoms with Gasteiger partial charge in [0.25, 0.3) is 0 Å². The monoisotopic (exact) mass is 431 g/mol. The van der Waals surface area contributed by atoms with Gasteiger partial charge in [0.2, 0.25) is 0 Å². The molecule has 0 heterocycles. The van der Waals surface area contributed by atoms with E-state index < -0.39 is 0 Å². The number of benzene rings is 2. The van der Waals surface area contributed by atoms with Crippen molar-refractivity contribution in [2.24, 2.45) is 0 Å². The summed E-state index contributed by atoms with van der Waals surface area (Å²) in [6.07, 6.45) is 0. The van der Waals surface area contributed by atoms with E-state index in [0.29, 0.717) is 0 Å². The van der Waals surface area contributed by atoms with Crippen molar-refractivity contribution in [3.05, 3.63) is 60.9 Å². The Bertz CT molecular complexity index is 567. The first kappa shape index (κ1) is 14.1. The molecule has 0 unspecified atom stereocenters. The second kappa shape index (κ2) is 6.22. The van der Waals surface area contributed by atoms with Crippen molar-refractivity contribution in [3.63, 3.8) is 0 Å². The molecule has 1 nitrogen and oxygen atoms in total. The van der Waals surface area contributed by atoms with E-state index in [1.807, 2.05) is 6.07 Å². The highest BCUT2D eigenvalue weighted by Gasteiger charge is 2.03.